The molecule has 20 heavy (non-hydrogen) atoms. The van der Waals surface area contributed by atoms with E-state index in [4.69, 9.17) is 5.73 Å². The van der Waals surface area contributed by atoms with E-state index in [-0.39, 0.29) is 5.91 Å². The number of amides is 1. The number of piperidine rings is 1. The van der Waals surface area contributed by atoms with Gasteiger partial charge >= 0.3 is 0 Å². The largest absolute Gasteiger partial charge is 0.399 e. The molecular weight excluding hydrogens is 272 g/mol. The van der Waals surface area contributed by atoms with E-state index in [1.807, 2.05) is 36.1 Å². The molecule has 1 aromatic heterocycles. The van der Waals surface area contributed by atoms with E-state index in [9.17, 15) is 9.90 Å². The fourth-order valence-corrected chi connectivity index (χ4v) is 3.53. The zero-order chi connectivity index (χ0) is 14.3. The van der Waals surface area contributed by atoms with Crippen molar-refractivity contribution in [2.24, 2.45) is 0 Å². The standard InChI is InChI=1S/C15H18N2O2S/c1-15(19)4-6-17(7-5-15)14(18)13-9-10-8-11(16)2-3-12(10)20-13/h2-3,8-9,19H,4-7,16H2,1H3. The minimum atomic E-state index is -0.634. The minimum Gasteiger partial charge on any atom is -0.399 e. The lowest BCUT2D eigenvalue weighted by Crippen LogP contribution is -2.44. The number of thiophene rings is 1. The van der Waals surface area contributed by atoms with Gasteiger partial charge in [0, 0.05) is 23.5 Å². The van der Waals surface area contributed by atoms with E-state index in [1.54, 1.807) is 0 Å². The van der Waals surface area contributed by atoms with Gasteiger partial charge in [-0.1, -0.05) is 0 Å². The van der Waals surface area contributed by atoms with E-state index < -0.39 is 5.60 Å². The summed E-state index contributed by atoms with van der Waals surface area (Å²) in [5.41, 5.74) is 5.84. The number of fused-ring (bicyclic) bond motifs is 1. The number of hydrogen-bond acceptors (Lipinski definition) is 4. The molecule has 0 saturated carbocycles. The smallest absolute Gasteiger partial charge is 0.263 e. The van der Waals surface area contributed by atoms with Gasteiger partial charge in [-0.05, 0) is 49.4 Å². The van der Waals surface area contributed by atoms with E-state index in [0.717, 1.165) is 15.0 Å². The van der Waals surface area contributed by atoms with Crippen LogP contribution in [0, 0.1) is 0 Å². The molecule has 0 atom stereocenters. The normalized spacial score (nSPS) is 18.4. The maximum absolute atomic E-state index is 12.5. The molecule has 106 valence electrons. The first kappa shape index (κ1) is 13.4. The van der Waals surface area contributed by atoms with Gasteiger partial charge in [-0.15, -0.1) is 11.3 Å². The number of nitrogen functional groups attached to an aromatic ring is 1. The molecule has 4 nitrogen and oxygen atoms in total. The van der Waals surface area contributed by atoms with Crippen LogP contribution >= 0.6 is 11.3 Å². The predicted molar refractivity (Wildman–Crippen MR) is 82.0 cm³/mol. The summed E-state index contributed by atoms with van der Waals surface area (Å²) in [7, 11) is 0. The molecule has 3 N–H and O–H groups in total. The number of hydrogen-bond donors (Lipinski definition) is 2. The van der Waals surface area contributed by atoms with Gasteiger partial charge in [0.05, 0.1) is 10.5 Å². The lowest BCUT2D eigenvalue weighted by atomic mass is 9.94. The molecule has 0 bridgehead atoms. The molecule has 0 aliphatic carbocycles. The molecule has 1 aromatic carbocycles. The summed E-state index contributed by atoms with van der Waals surface area (Å²) >= 11 is 1.50. The molecule has 5 heteroatoms. The molecule has 0 radical (unpaired) electrons. The van der Waals surface area contributed by atoms with Crippen LogP contribution in [0.25, 0.3) is 10.1 Å². The number of benzene rings is 1. The van der Waals surface area contributed by atoms with E-state index in [1.165, 1.54) is 11.3 Å². The van der Waals surface area contributed by atoms with Gasteiger partial charge in [0.15, 0.2) is 0 Å². The topological polar surface area (TPSA) is 66.6 Å². The Morgan fingerprint density at radius 3 is 2.75 bits per heavy atom. The maximum atomic E-state index is 12.5. The summed E-state index contributed by atoms with van der Waals surface area (Å²) in [6.45, 7) is 3.06. The van der Waals surface area contributed by atoms with Gasteiger partial charge in [-0.2, -0.15) is 0 Å². The second-order valence-corrected chi connectivity index (χ2v) is 6.78. The Bertz CT molecular complexity index is 653. The van der Waals surface area contributed by atoms with Crippen LogP contribution in [-0.4, -0.2) is 34.6 Å². The molecule has 1 aliphatic rings. The molecule has 0 unspecified atom stereocenters. The van der Waals surface area contributed by atoms with Crippen molar-refractivity contribution in [1.82, 2.24) is 4.90 Å². The zero-order valence-corrected chi connectivity index (χ0v) is 12.2. The van der Waals surface area contributed by atoms with Crippen molar-refractivity contribution in [3.05, 3.63) is 29.1 Å². The van der Waals surface area contributed by atoms with Crippen LogP contribution in [0.15, 0.2) is 24.3 Å². The van der Waals surface area contributed by atoms with Crippen LogP contribution in [0.3, 0.4) is 0 Å². The fourth-order valence-electron chi connectivity index (χ4n) is 2.51. The summed E-state index contributed by atoms with van der Waals surface area (Å²) in [5.74, 6) is 0.0558. The van der Waals surface area contributed by atoms with Crippen molar-refractivity contribution in [2.75, 3.05) is 18.8 Å². The van der Waals surface area contributed by atoms with Crippen molar-refractivity contribution in [3.8, 4) is 0 Å². The first-order valence-electron chi connectivity index (χ1n) is 6.75. The van der Waals surface area contributed by atoms with Crippen molar-refractivity contribution in [1.29, 1.82) is 0 Å². The lowest BCUT2D eigenvalue weighted by Gasteiger charge is -2.35. The third-order valence-electron chi connectivity index (χ3n) is 3.88. The molecule has 1 fully saturated rings. The van der Waals surface area contributed by atoms with E-state index in [0.29, 0.717) is 31.6 Å². The summed E-state index contributed by atoms with van der Waals surface area (Å²) in [6, 6.07) is 7.60. The molecule has 3 rings (SSSR count). The zero-order valence-electron chi connectivity index (χ0n) is 11.4. The van der Waals surface area contributed by atoms with E-state index in [2.05, 4.69) is 0 Å². The average molecular weight is 290 g/mol. The number of likely N-dealkylation sites (tertiary alicyclic amines) is 1. The summed E-state index contributed by atoms with van der Waals surface area (Å²) in [5, 5.41) is 11.0. The number of anilines is 1. The highest BCUT2D eigenvalue weighted by molar-refractivity contribution is 7.20. The summed E-state index contributed by atoms with van der Waals surface area (Å²) in [6.07, 6.45) is 1.27. The lowest BCUT2D eigenvalue weighted by molar-refractivity contribution is -0.00187. The Hall–Kier alpha value is -1.59. The van der Waals surface area contributed by atoms with Crippen LogP contribution in [0.5, 0.6) is 0 Å². The summed E-state index contributed by atoms with van der Waals surface area (Å²) in [4.78, 5) is 15.1. The Labute approximate surface area is 121 Å². The second-order valence-electron chi connectivity index (χ2n) is 5.70. The molecule has 1 saturated heterocycles. The number of aliphatic hydroxyl groups is 1. The quantitative estimate of drug-likeness (QED) is 0.793. The molecule has 0 spiro atoms. The van der Waals surface area contributed by atoms with Crippen LogP contribution in [-0.2, 0) is 0 Å². The second kappa shape index (κ2) is 4.75. The van der Waals surface area contributed by atoms with Gasteiger partial charge in [0.25, 0.3) is 5.91 Å². The summed E-state index contributed by atoms with van der Waals surface area (Å²) < 4.78 is 1.08. The maximum Gasteiger partial charge on any atom is 0.263 e. The number of carbonyl (C=O) groups excluding carboxylic acids is 1. The highest BCUT2D eigenvalue weighted by Crippen LogP contribution is 2.29. The Kier molecular flexibility index (Phi) is 3.18. The Balaban J connectivity index is 1.82. The molecular formula is C15H18N2O2S. The number of nitrogens with two attached hydrogens (primary N) is 1. The van der Waals surface area contributed by atoms with Crippen LogP contribution in [0.4, 0.5) is 5.69 Å². The van der Waals surface area contributed by atoms with Crippen molar-refractivity contribution < 1.29 is 9.90 Å². The van der Waals surface area contributed by atoms with Crippen LogP contribution < -0.4 is 5.73 Å². The van der Waals surface area contributed by atoms with Crippen LogP contribution in [0.1, 0.15) is 29.4 Å². The monoisotopic (exact) mass is 290 g/mol. The fraction of sp³-hybridized carbons (Fsp3) is 0.400. The minimum absolute atomic E-state index is 0.0558. The van der Waals surface area contributed by atoms with Crippen molar-refractivity contribution in [3.63, 3.8) is 0 Å². The Morgan fingerprint density at radius 1 is 1.35 bits per heavy atom. The van der Waals surface area contributed by atoms with Gasteiger partial charge in [0.1, 0.15) is 0 Å². The number of carbonyl (C=O) groups is 1. The van der Waals surface area contributed by atoms with Crippen molar-refractivity contribution in [2.45, 2.75) is 25.4 Å². The molecule has 1 amide bonds. The number of nitrogens with zero attached hydrogens (tertiary/aromatic N) is 1. The Morgan fingerprint density at radius 2 is 2.05 bits per heavy atom. The van der Waals surface area contributed by atoms with E-state index >= 15 is 0 Å². The first-order valence-corrected chi connectivity index (χ1v) is 7.57. The van der Waals surface area contributed by atoms with Gasteiger partial charge < -0.3 is 15.7 Å². The molecule has 2 aromatic rings. The highest BCUT2D eigenvalue weighted by atomic mass is 32.1. The van der Waals surface area contributed by atoms with Crippen molar-refractivity contribution >= 4 is 33.0 Å². The SMILES string of the molecule is CC1(O)CCN(C(=O)c2cc3cc(N)ccc3s2)CC1. The average Bonchev–Trinajstić information content (AvgIpc) is 2.80. The first-order chi connectivity index (χ1) is 9.44. The van der Waals surface area contributed by atoms with Gasteiger partial charge in [-0.25, -0.2) is 0 Å². The predicted octanol–water partition coefficient (Wildman–Crippen LogP) is 2.47. The van der Waals surface area contributed by atoms with Gasteiger partial charge in [0.2, 0.25) is 0 Å². The van der Waals surface area contributed by atoms with Crippen LogP contribution in [0.2, 0.25) is 0 Å². The number of rotatable bonds is 1. The molecule has 2 heterocycles. The highest BCUT2D eigenvalue weighted by Gasteiger charge is 2.30. The third-order valence-corrected chi connectivity index (χ3v) is 4.98. The van der Waals surface area contributed by atoms with Gasteiger partial charge in [-0.3, -0.25) is 4.79 Å². The third kappa shape index (κ3) is 2.51. The molecule has 1 aliphatic heterocycles.